The zero-order chi connectivity index (χ0) is 55.6. The van der Waals surface area contributed by atoms with Gasteiger partial charge in [0.1, 0.15) is 19.8 Å². The molecule has 9 nitrogen and oxygen atoms in total. The van der Waals surface area contributed by atoms with Crippen LogP contribution in [0.4, 0.5) is 0 Å². The SMILES string of the molecule is CC/C=C\C/C=C\C/C=C\C/C=C\C/C=C\C/C=C\C/C=C\C/C=C\C/C=C\CCCCCCCCCCCC(=O)OC(COC(=O)C/C=C\C/C=C\C/C=C\C/C=C\C/C=C\CC)COP(=O)([O-])OCC[N+](C)(C)C. The average molecular weight is 1070 g/mol. The fraction of sp³-hybridized carbons (Fsp3) is 0.545. The summed E-state index contributed by atoms with van der Waals surface area (Å²) in [7, 11) is 1.09. The number of unbranched alkanes of at least 4 members (excludes halogenated alkanes) is 9. The molecule has 2 atom stereocenters. The van der Waals surface area contributed by atoms with Crippen molar-refractivity contribution in [1.29, 1.82) is 0 Å². The Bertz CT molecular complexity index is 1880. The normalized spacial score (nSPS) is 14.6. The van der Waals surface area contributed by atoms with Crippen molar-refractivity contribution in [1.82, 2.24) is 0 Å². The minimum Gasteiger partial charge on any atom is -0.756 e. The lowest BCUT2D eigenvalue weighted by atomic mass is 10.1. The van der Waals surface area contributed by atoms with Crippen LogP contribution in [0.3, 0.4) is 0 Å². The summed E-state index contributed by atoms with van der Waals surface area (Å²) in [5.74, 6) is -1.00. The number of hydrogen-bond acceptors (Lipinski definition) is 8. The lowest BCUT2D eigenvalue weighted by Crippen LogP contribution is -2.37. The number of rotatable bonds is 50. The molecule has 0 spiro atoms. The Morgan fingerprint density at radius 2 is 0.750 bits per heavy atom. The Kier molecular flexibility index (Phi) is 51.8. The summed E-state index contributed by atoms with van der Waals surface area (Å²) >= 11 is 0. The topological polar surface area (TPSA) is 111 Å². The standard InChI is InChI=1S/C66H104NO8P/c1-6-8-10-12-14-16-18-20-22-23-24-25-26-27-28-29-30-31-32-33-34-35-36-37-38-39-40-41-42-43-45-47-49-51-53-55-57-59-66(69)75-64(63-74-76(70,71)73-61-60-67(3,4)5)62-72-65(68)58-56-54-52-50-48-46-44-21-19-17-15-13-11-9-7-2/h8-11,14-17,20-22,24-25,27-28,30-31,33-34,36-37,39-40,44,48,50,54,56,64H,6-7,12-13,18-19,23,26,29,32,35,38,41-43,45-47,49,51-53,55,57-63H2,1-5H3/b10-8-,11-9-,16-14-,17-15-,22-20-,25-24-,28-27-,31-30-,34-33-,37-36-,40-39-,44-21-,50-48-,56-54-. The second kappa shape index (κ2) is 55.1. The highest BCUT2D eigenvalue weighted by molar-refractivity contribution is 7.45. The Morgan fingerprint density at radius 1 is 0.421 bits per heavy atom. The third kappa shape index (κ3) is 58.6. The number of likely N-dealkylation sites (N-methyl/N-ethyl adjacent to an activating group) is 1. The summed E-state index contributed by atoms with van der Waals surface area (Å²) in [6.07, 6.45) is 84.4. The summed E-state index contributed by atoms with van der Waals surface area (Å²) in [6.45, 7) is 3.85. The van der Waals surface area contributed by atoms with Crippen LogP contribution in [0, 0.1) is 0 Å². The molecule has 0 aromatic heterocycles. The second-order valence-electron chi connectivity index (χ2n) is 19.6. The van der Waals surface area contributed by atoms with E-state index in [4.69, 9.17) is 18.5 Å². The van der Waals surface area contributed by atoms with Gasteiger partial charge in [-0.15, -0.1) is 0 Å². The first-order valence-electron chi connectivity index (χ1n) is 28.8. The van der Waals surface area contributed by atoms with E-state index in [1.165, 1.54) is 32.1 Å². The van der Waals surface area contributed by atoms with Crippen LogP contribution in [0.1, 0.15) is 181 Å². The molecule has 0 aliphatic heterocycles. The molecule has 2 unspecified atom stereocenters. The first-order valence-corrected chi connectivity index (χ1v) is 30.3. The van der Waals surface area contributed by atoms with Gasteiger partial charge >= 0.3 is 11.9 Å². The van der Waals surface area contributed by atoms with Crippen molar-refractivity contribution in [2.45, 2.75) is 187 Å². The van der Waals surface area contributed by atoms with Crippen LogP contribution < -0.4 is 4.89 Å². The fourth-order valence-electron chi connectivity index (χ4n) is 6.90. The fourth-order valence-corrected chi connectivity index (χ4v) is 7.62. The van der Waals surface area contributed by atoms with Gasteiger partial charge in [0.05, 0.1) is 34.2 Å². The number of quaternary nitrogens is 1. The van der Waals surface area contributed by atoms with Crippen molar-refractivity contribution >= 4 is 19.8 Å². The van der Waals surface area contributed by atoms with E-state index < -0.39 is 32.5 Å². The highest BCUT2D eigenvalue weighted by Gasteiger charge is 2.21. The van der Waals surface area contributed by atoms with Crippen LogP contribution in [-0.2, 0) is 32.7 Å². The smallest absolute Gasteiger partial charge is 0.309 e. The number of carbonyl (C=O) groups excluding carboxylic acids is 2. The van der Waals surface area contributed by atoms with E-state index in [1.807, 2.05) is 33.3 Å². The largest absolute Gasteiger partial charge is 0.756 e. The van der Waals surface area contributed by atoms with E-state index in [0.717, 1.165) is 109 Å². The Morgan fingerprint density at radius 3 is 1.12 bits per heavy atom. The highest BCUT2D eigenvalue weighted by Crippen LogP contribution is 2.38. The molecule has 0 aromatic carbocycles. The highest BCUT2D eigenvalue weighted by atomic mass is 31.2. The van der Waals surface area contributed by atoms with Crippen molar-refractivity contribution in [3.05, 3.63) is 170 Å². The van der Waals surface area contributed by atoms with Crippen molar-refractivity contribution in [3.63, 3.8) is 0 Å². The molecule has 426 valence electrons. The molecule has 0 N–H and O–H groups in total. The van der Waals surface area contributed by atoms with E-state index in [0.29, 0.717) is 23.9 Å². The summed E-state index contributed by atoms with van der Waals surface area (Å²) in [5.41, 5.74) is 0. The van der Waals surface area contributed by atoms with Gasteiger partial charge in [-0.3, -0.25) is 14.2 Å². The predicted octanol–water partition coefficient (Wildman–Crippen LogP) is 17.6. The zero-order valence-electron chi connectivity index (χ0n) is 48.1. The lowest BCUT2D eigenvalue weighted by Gasteiger charge is -2.28. The number of nitrogens with zero attached hydrogens (tertiary/aromatic N) is 1. The van der Waals surface area contributed by atoms with Crippen LogP contribution >= 0.6 is 7.82 Å². The van der Waals surface area contributed by atoms with E-state index in [2.05, 4.69) is 166 Å². The summed E-state index contributed by atoms with van der Waals surface area (Å²) in [4.78, 5) is 37.7. The molecule has 10 heteroatoms. The lowest BCUT2D eigenvalue weighted by molar-refractivity contribution is -0.870. The maximum Gasteiger partial charge on any atom is 0.309 e. The van der Waals surface area contributed by atoms with E-state index in [-0.39, 0.29) is 26.1 Å². The van der Waals surface area contributed by atoms with Gasteiger partial charge < -0.3 is 27.9 Å². The van der Waals surface area contributed by atoms with Crippen molar-refractivity contribution < 1.29 is 42.1 Å². The predicted molar refractivity (Wildman–Crippen MR) is 323 cm³/mol. The molecule has 0 heterocycles. The van der Waals surface area contributed by atoms with Crippen molar-refractivity contribution in [2.75, 3.05) is 47.5 Å². The van der Waals surface area contributed by atoms with E-state index >= 15 is 0 Å². The number of allylic oxidation sites excluding steroid dienone is 27. The molecular formula is C66H104NO8P. The Labute approximate surface area is 464 Å². The number of esters is 2. The van der Waals surface area contributed by atoms with Gasteiger partial charge in [0, 0.05) is 6.42 Å². The minimum absolute atomic E-state index is 0.0336. The van der Waals surface area contributed by atoms with Crippen LogP contribution in [0.2, 0.25) is 0 Å². The van der Waals surface area contributed by atoms with Crippen molar-refractivity contribution in [3.8, 4) is 0 Å². The van der Waals surface area contributed by atoms with Crippen LogP contribution in [0.15, 0.2) is 170 Å². The third-order valence-corrected chi connectivity index (χ3v) is 12.2. The number of ether oxygens (including phenoxy) is 2. The van der Waals surface area contributed by atoms with Crippen LogP contribution in [0.25, 0.3) is 0 Å². The molecule has 76 heavy (non-hydrogen) atoms. The molecule has 0 fully saturated rings. The first kappa shape index (κ1) is 71.4. The van der Waals surface area contributed by atoms with Gasteiger partial charge in [-0.25, -0.2) is 0 Å². The monoisotopic (exact) mass is 1070 g/mol. The molecule has 0 amide bonds. The van der Waals surface area contributed by atoms with Gasteiger partial charge in [-0.1, -0.05) is 229 Å². The van der Waals surface area contributed by atoms with Gasteiger partial charge in [-0.2, -0.15) is 0 Å². The van der Waals surface area contributed by atoms with Crippen molar-refractivity contribution in [2.24, 2.45) is 0 Å². The number of phosphoric acid groups is 1. The number of hydrogen-bond donors (Lipinski definition) is 0. The molecular weight excluding hydrogens is 966 g/mol. The molecule has 0 aromatic rings. The summed E-state index contributed by atoms with van der Waals surface area (Å²) in [5, 5.41) is 0. The first-order chi connectivity index (χ1) is 37.0. The molecule has 0 saturated carbocycles. The van der Waals surface area contributed by atoms with E-state index in [1.54, 1.807) is 6.08 Å². The quantitative estimate of drug-likeness (QED) is 0.0195. The van der Waals surface area contributed by atoms with Gasteiger partial charge in [0.2, 0.25) is 0 Å². The van der Waals surface area contributed by atoms with Gasteiger partial charge in [-0.05, 0) is 109 Å². The molecule has 0 rings (SSSR count). The van der Waals surface area contributed by atoms with Gasteiger partial charge in [0.15, 0.2) is 6.10 Å². The summed E-state index contributed by atoms with van der Waals surface area (Å²) < 4.78 is 33.9. The zero-order valence-corrected chi connectivity index (χ0v) is 49.0. The summed E-state index contributed by atoms with van der Waals surface area (Å²) in [6, 6.07) is 0. The molecule has 0 bridgehead atoms. The molecule has 0 aliphatic rings. The third-order valence-electron chi connectivity index (χ3n) is 11.3. The van der Waals surface area contributed by atoms with E-state index in [9.17, 15) is 19.0 Å². The Balaban J connectivity index is 4.22. The average Bonchev–Trinajstić information content (AvgIpc) is 3.38. The molecule has 0 saturated heterocycles. The minimum atomic E-state index is -4.67. The maximum absolute atomic E-state index is 12.8. The molecule has 0 radical (unpaired) electrons. The molecule has 0 aliphatic carbocycles. The maximum atomic E-state index is 12.8. The number of phosphoric ester groups is 1. The van der Waals surface area contributed by atoms with Gasteiger partial charge in [0.25, 0.3) is 7.82 Å². The Hall–Kier alpha value is -4.63. The van der Waals surface area contributed by atoms with Crippen LogP contribution in [-0.4, -0.2) is 70.0 Å². The second-order valence-corrected chi connectivity index (χ2v) is 21.0. The van der Waals surface area contributed by atoms with Crippen LogP contribution in [0.5, 0.6) is 0 Å². The number of carbonyl (C=O) groups is 2.